The molecule has 1 aromatic heterocycles. The summed E-state index contributed by atoms with van der Waals surface area (Å²) in [5, 5.41) is 11.4. The average Bonchev–Trinajstić information content (AvgIpc) is 3.34. The molecule has 0 amide bonds. The minimum atomic E-state index is -1.15. The Morgan fingerprint density at radius 1 is 1.10 bits per heavy atom. The molecule has 0 unspecified atom stereocenters. The summed E-state index contributed by atoms with van der Waals surface area (Å²) in [6.07, 6.45) is 3.84. The Bertz CT molecular complexity index is 1010. The predicted molar refractivity (Wildman–Crippen MR) is 98.7 cm³/mol. The van der Waals surface area contributed by atoms with Gasteiger partial charge < -0.3 is 18.6 Å². The monoisotopic (exact) mass is 399 g/mol. The molecule has 1 spiro atoms. The minimum Gasteiger partial charge on any atom is -0.497 e. The molecule has 9 heteroatoms. The number of nitrogens with zero attached hydrogens (tertiary/aromatic N) is 1. The summed E-state index contributed by atoms with van der Waals surface area (Å²) >= 11 is 0. The summed E-state index contributed by atoms with van der Waals surface area (Å²) in [5.41, 5.74) is -0.246. The van der Waals surface area contributed by atoms with Crippen molar-refractivity contribution in [2.45, 2.75) is 31.5 Å². The molecule has 2 aliphatic rings. The SMILES string of the molecule is COc1ccc(-c2ccc(C=C3C(=O)OC4(CCCC4)OC3=O)o2)c([N+](=O)[O-])c1. The van der Waals surface area contributed by atoms with Crippen LogP contribution < -0.4 is 4.74 Å². The molecule has 0 radical (unpaired) electrons. The largest absolute Gasteiger partial charge is 0.497 e. The smallest absolute Gasteiger partial charge is 0.349 e. The van der Waals surface area contributed by atoms with Crippen LogP contribution in [0.25, 0.3) is 17.4 Å². The Morgan fingerprint density at radius 3 is 2.41 bits per heavy atom. The standard InChI is InChI=1S/C20H17NO8/c1-26-12-4-6-14(16(11-12)21(24)25)17-7-5-13(27-17)10-15-18(22)28-20(29-19(15)23)8-2-3-9-20/h4-7,10-11H,2-3,8-9H2,1H3. The fourth-order valence-corrected chi connectivity index (χ4v) is 3.50. The van der Waals surface area contributed by atoms with Crippen LogP contribution in [0.15, 0.2) is 40.3 Å². The summed E-state index contributed by atoms with van der Waals surface area (Å²) < 4.78 is 21.4. The van der Waals surface area contributed by atoms with E-state index < -0.39 is 22.6 Å². The minimum absolute atomic E-state index is 0.163. The van der Waals surface area contributed by atoms with E-state index in [1.807, 2.05) is 0 Å². The van der Waals surface area contributed by atoms with E-state index in [1.54, 1.807) is 6.07 Å². The van der Waals surface area contributed by atoms with Crippen molar-refractivity contribution in [2.24, 2.45) is 0 Å². The van der Waals surface area contributed by atoms with Crippen LogP contribution in [0.4, 0.5) is 5.69 Å². The van der Waals surface area contributed by atoms with E-state index in [4.69, 9.17) is 18.6 Å². The number of hydrogen-bond donors (Lipinski definition) is 0. The van der Waals surface area contributed by atoms with Gasteiger partial charge in [-0.2, -0.15) is 0 Å². The van der Waals surface area contributed by atoms with Crippen molar-refractivity contribution in [3.8, 4) is 17.1 Å². The van der Waals surface area contributed by atoms with E-state index in [9.17, 15) is 19.7 Å². The van der Waals surface area contributed by atoms with E-state index in [0.29, 0.717) is 18.6 Å². The lowest BCUT2D eigenvalue weighted by Gasteiger charge is -2.32. The van der Waals surface area contributed by atoms with Crippen LogP contribution in [0.2, 0.25) is 0 Å². The lowest BCUT2D eigenvalue weighted by Crippen LogP contribution is -2.44. The van der Waals surface area contributed by atoms with Gasteiger partial charge in [0.15, 0.2) is 0 Å². The average molecular weight is 399 g/mol. The molecule has 1 saturated carbocycles. The van der Waals surface area contributed by atoms with Gasteiger partial charge in [0.2, 0.25) is 0 Å². The van der Waals surface area contributed by atoms with Gasteiger partial charge in [0, 0.05) is 18.9 Å². The number of carbonyl (C=O) groups is 2. The Hall–Kier alpha value is -3.62. The molecule has 0 bridgehead atoms. The number of carbonyl (C=O) groups excluding carboxylic acids is 2. The van der Waals surface area contributed by atoms with Crippen molar-refractivity contribution in [3.63, 3.8) is 0 Å². The molecule has 1 saturated heterocycles. The van der Waals surface area contributed by atoms with Gasteiger partial charge in [-0.05, 0) is 37.1 Å². The highest BCUT2D eigenvalue weighted by Crippen LogP contribution is 2.39. The number of rotatable bonds is 4. The first-order valence-electron chi connectivity index (χ1n) is 9.02. The lowest BCUT2D eigenvalue weighted by molar-refractivity contribution is -0.384. The molecule has 2 fully saturated rings. The number of benzene rings is 1. The Morgan fingerprint density at radius 2 is 1.79 bits per heavy atom. The molecule has 9 nitrogen and oxygen atoms in total. The van der Waals surface area contributed by atoms with Gasteiger partial charge in [0.05, 0.1) is 23.7 Å². The second-order valence-electron chi connectivity index (χ2n) is 6.80. The van der Waals surface area contributed by atoms with Gasteiger partial charge in [-0.3, -0.25) is 10.1 Å². The van der Waals surface area contributed by atoms with Gasteiger partial charge >= 0.3 is 11.9 Å². The number of nitro groups is 1. The fourth-order valence-electron chi connectivity index (χ4n) is 3.50. The maximum Gasteiger partial charge on any atom is 0.349 e. The number of ether oxygens (including phenoxy) is 3. The molecule has 1 aliphatic carbocycles. The maximum atomic E-state index is 12.3. The molecule has 4 rings (SSSR count). The molecule has 0 atom stereocenters. The van der Waals surface area contributed by atoms with Gasteiger partial charge in [0.1, 0.15) is 22.8 Å². The van der Waals surface area contributed by atoms with Crippen molar-refractivity contribution in [1.29, 1.82) is 0 Å². The fraction of sp³-hybridized carbons (Fsp3) is 0.300. The molecule has 29 heavy (non-hydrogen) atoms. The second-order valence-corrected chi connectivity index (χ2v) is 6.80. The number of hydrogen-bond acceptors (Lipinski definition) is 8. The van der Waals surface area contributed by atoms with Crippen LogP contribution in [-0.4, -0.2) is 29.8 Å². The summed E-state index contributed by atoms with van der Waals surface area (Å²) in [6.45, 7) is 0. The van der Waals surface area contributed by atoms with Crippen molar-refractivity contribution in [2.75, 3.05) is 7.11 Å². The molecule has 0 N–H and O–H groups in total. The Labute approximate surface area is 165 Å². The van der Waals surface area contributed by atoms with Crippen molar-refractivity contribution >= 4 is 23.7 Å². The predicted octanol–water partition coefficient (Wildman–Crippen LogP) is 3.62. The third kappa shape index (κ3) is 3.46. The normalized spacial score (nSPS) is 17.8. The molecule has 2 heterocycles. The van der Waals surface area contributed by atoms with Crippen molar-refractivity contribution in [3.05, 3.63) is 51.8 Å². The highest BCUT2D eigenvalue weighted by atomic mass is 16.7. The Kier molecular flexibility index (Phi) is 4.57. The zero-order valence-electron chi connectivity index (χ0n) is 15.5. The third-order valence-electron chi connectivity index (χ3n) is 4.94. The highest BCUT2D eigenvalue weighted by molar-refractivity contribution is 6.18. The molecule has 1 aliphatic heterocycles. The molecule has 1 aromatic carbocycles. The van der Waals surface area contributed by atoms with E-state index in [-0.39, 0.29) is 28.3 Å². The molecular weight excluding hydrogens is 382 g/mol. The first-order chi connectivity index (χ1) is 13.9. The lowest BCUT2D eigenvalue weighted by atomic mass is 10.1. The molecule has 150 valence electrons. The van der Waals surface area contributed by atoms with Crippen molar-refractivity contribution < 1.29 is 33.1 Å². The summed E-state index contributed by atoms with van der Waals surface area (Å²) in [6, 6.07) is 7.36. The third-order valence-corrected chi connectivity index (χ3v) is 4.94. The first kappa shape index (κ1) is 18.7. The number of esters is 2. The van der Waals surface area contributed by atoms with Gasteiger partial charge in [-0.1, -0.05) is 0 Å². The van der Waals surface area contributed by atoms with E-state index in [2.05, 4.69) is 0 Å². The van der Waals surface area contributed by atoms with E-state index >= 15 is 0 Å². The molecule has 2 aromatic rings. The topological polar surface area (TPSA) is 118 Å². The number of furan rings is 1. The van der Waals surface area contributed by atoms with Crippen molar-refractivity contribution in [1.82, 2.24) is 0 Å². The number of methoxy groups -OCH3 is 1. The Balaban J connectivity index is 1.63. The van der Waals surface area contributed by atoms with Crippen LogP contribution in [-0.2, 0) is 19.1 Å². The summed E-state index contributed by atoms with van der Waals surface area (Å²) in [5.74, 6) is -1.98. The highest BCUT2D eigenvalue weighted by Gasteiger charge is 2.48. The second kappa shape index (κ2) is 7.08. The summed E-state index contributed by atoms with van der Waals surface area (Å²) in [4.78, 5) is 35.5. The van der Waals surface area contributed by atoms with Gasteiger partial charge in [0.25, 0.3) is 11.5 Å². The maximum absolute atomic E-state index is 12.3. The number of nitro benzene ring substituents is 1. The quantitative estimate of drug-likeness (QED) is 0.251. The summed E-state index contributed by atoms with van der Waals surface area (Å²) in [7, 11) is 1.41. The van der Waals surface area contributed by atoms with Crippen LogP contribution in [0.5, 0.6) is 5.75 Å². The first-order valence-corrected chi connectivity index (χ1v) is 9.02. The van der Waals surface area contributed by atoms with Crippen LogP contribution in [0.1, 0.15) is 31.4 Å². The zero-order valence-corrected chi connectivity index (χ0v) is 15.5. The van der Waals surface area contributed by atoms with Crippen LogP contribution in [0, 0.1) is 10.1 Å². The van der Waals surface area contributed by atoms with Gasteiger partial charge in [-0.15, -0.1) is 0 Å². The van der Waals surface area contributed by atoms with E-state index in [0.717, 1.165) is 12.8 Å². The van der Waals surface area contributed by atoms with E-state index in [1.165, 1.54) is 37.5 Å². The van der Waals surface area contributed by atoms with Crippen LogP contribution in [0.3, 0.4) is 0 Å². The van der Waals surface area contributed by atoms with Gasteiger partial charge in [-0.25, -0.2) is 9.59 Å². The molecular formula is C20H17NO8. The van der Waals surface area contributed by atoms with Crippen LogP contribution >= 0.6 is 0 Å². The zero-order chi connectivity index (χ0) is 20.6.